The molecule has 0 spiro atoms. The van der Waals surface area contributed by atoms with Crippen LogP contribution in [0.15, 0.2) is 48.5 Å². The predicted molar refractivity (Wildman–Crippen MR) is 105 cm³/mol. The van der Waals surface area contributed by atoms with E-state index in [2.05, 4.69) is 11.7 Å². The largest absolute Gasteiger partial charge is 0.573 e. The molecule has 0 saturated heterocycles. The molecule has 0 aromatic heterocycles. The molecule has 0 saturated carbocycles. The minimum Gasteiger partial charge on any atom is -0.406 e. The topological polar surface area (TPSA) is 9.23 Å². The van der Waals surface area contributed by atoms with Gasteiger partial charge in [-0.05, 0) is 58.9 Å². The molecule has 1 aliphatic rings. The van der Waals surface area contributed by atoms with Gasteiger partial charge in [0, 0.05) is 12.0 Å². The standard InChI is InChI=1S/C24H19F5O/c1-2-3-4-14-5-10-18-16(11-14)12-20-19(18)13-21(25)22(23(20)26)15-6-8-17(9-7-15)30-24(27,28)29/h5-11,13H,2-4,12H2,1H3. The summed E-state index contributed by atoms with van der Waals surface area (Å²) < 4.78 is 71.0. The van der Waals surface area contributed by atoms with Crippen molar-refractivity contribution in [3.8, 4) is 28.0 Å². The zero-order valence-corrected chi connectivity index (χ0v) is 16.2. The maximum absolute atomic E-state index is 15.3. The van der Waals surface area contributed by atoms with E-state index in [1.807, 2.05) is 18.2 Å². The van der Waals surface area contributed by atoms with E-state index in [1.165, 1.54) is 23.8 Å². The van der Waals surface area contributed by atoms with Crippen molar-refractivity contribution in [2.45, 2.75) is 39.0 Å². The highest BCUT2D eigenvalue weighted by atomic mass is 19.4. The Kier molecular flexibility index (Phi) is 5.26. The fraction of sp³-hybridized carbons (Fsp3) is 0.250. The van der Waals surface area contributed by atoms with Gasteiger partial charge >= 0.3 is 6.36 Å². The third-order valence-corrected chi connectivity index (χ3v) is 5.34. The Labute approximate surface area is 171 Å². The smallest absolute Gasteiger partial charge is 0.406 e. The molecule has 3 aromatic carbocycles. The quantitative estimate of drug-likeness (QED) is 0.306. The van der Waals surface area contributed by atoms with Crippen molar-refractivity contribution in [1.82, 2.24) is 0 Å². The Balaban J connectivity index is 1.68. The summed E-state index contributed by atoms with van der Waals surface area (Å²) in [5.74, 6) is -1.88. The Bertz CT molecular complexity index is 1080. The van der Waals surface area contributed by atoms with Crippen molar-refractivity contribution in [3.05, 3.63) is 76.9 Å². The second kappa shape index (κ2) is 7.74. The summed E-state index contributed by atoms with van der Waals surface area (Å²) in [6.45, 7) is 2.12. The van der Waals surface area contributed by atoms with Gasteiger partial charge in [0.05, 0.1) is 5.56 Å². The Morgan fingerprint density at radius 1 is 0.933 bits per heavy atom. The number of alkyl halides is 3. The highest BCUT2D eigenvalue weighted by molar-refractivity contribution is 5.81. The van der Waals surface area contributed by atoms with Gasteiger partial charge in [-0.1, -0.05) is 43.7 Å². The molecule has 0 amide bonds. The SMILES string of the molecule is CCCCc1ccc2c(c1)Cc1c-2cc(F)c(-c2ccc(OC(F)(F)F)cc2)c1F. The lowest BCUT2D eigenvalue weighted by molar-refractivity contribution is -0.274. The molecule has 30 heavy (non-hydrogen) atoms. The molecule has 0 fully saturated rings. The van der Waals surface area contributed by atoms with Crippen molar-refractivity contribution >= 4 is 0 Å². The maximum atomic E-state index is 15.3. The Morgan fingerprint density at radius 2 is 1.67 bits per heavy atom. The van der Waals surface area contributed by atoms with Crippen LogP contribution in [0.2, 0.25) is 0 Å². The molecular weight excluding hydrogens is 399 g/mol. The van der Waals surface area contributed by atoms with Crippen LogP contribution in [0.25, 0.3) is 22.3 Å². The molecule has 0 heterocycles. The summed E-state index contributed by atoms with van der Waals surface area (Å²) in [7, 11) is 0. The third-order valence-electron chi connectivity index (χ3n) is 5.34. The first-order valence-electron chi connectivity index (χ1n) is 9.76. The van der Waals surface area contributed by atoms with Gasteiger partial charge in [0.1, 0.15) is 17.4 Å². The molecule has 4 rings (SSSR count). The molecular formula is C24H19F5O. The van der Waals surface area contributed by atoms with Crippen LogP contribution in [0.4, 0.5) is 22.0 Å². The minimum absolute atomic E-state index is 0.155. The van der Waals surface area contributed by atoms with Crippen LogP contribution >= 0.6 is 0 Å². The number of hydrogen-bond donors (Lipinski definition) is 0. The molecule has 0 aliphatic heterocycles. The first-order valence-corrected chi connectivity index (χ1v) is 9.76. The summed E-state index contributed by atoms with van der Waals surface area (Å²) in [5.41, 5.74) is 3.80. The van der Waals surface area contributed by atoms with Gasteiger partial charge in [0.15, 0.2) is 0 Å². The van der Waals surface area contributed by atoms with Crippen LogP contribution in [0.5, 0.6) is 5.75 Å². The number of hydrogen-bond acceptors (Lipinski definition) is 1. The highest BCUT2D eigenvalue weighted by Gasteiger charge is 2.31. The van der Waals surface area contributed by atoms with Crippen molar-refractivity contribution in [1.29, 1.82) is 0 Å². The van der Waals surface area contributed by atoms with Gasteiger partial charge in [-0.25, -0.2) is 8.78 Å². The Hall–Kier alpha value is -2.89. The van der Waals surface area contributed by atoms with Crippen LogP contribution in [0.1, 0.15) is 36.5 Å². The highest BCUT2D eigenvalue weighted by Crippen LogP contribution is 2.43. The first-order chi connectivity index (χ1) is 14.3. The van der Waals surface area contributed by atoms with Crippen molar-refractivity contribution in [3.63, 3.8) is 0 Å². The second-order valence-electron chi connectivity index (χ2n) is 7.42. The third kappa shape index (κ3) is 3.91. The molecule has 1 aliphatic carbocycles. The van der Waals surface area contributed by atoms with E-state index >= 15 is 4.39 Å². The van der Waals surface area contributed by atoms with Crippen molar-refractivity contribution < 1.29 is 26.7 Å². The van der Waals surface area contributed by atoms with E-state index in [9.17, 15) is 17.6 Å². The molecule has 1 nitrogen and oxygen atoms in total. The molecule has 0 N–H and O–H groups in total. The fourth-order valence-corrected chi connectivity index (χ4v) is 3.94. The average Bonchev–Trinajstić information content (AvgIpc) is 3.04. The van der Waals surface area contributed by atoms with Crippen LogP contribution in [-0.4, -0.2) is 6.36 Å². The molecule has 0 bridgehead atoms. The summed E-state index contributed by atoms with van der Waals surface area (Å²) in [6.07, 6.45) is -1.39. The van der Waals surface area contributed by atoms with E-state index in [-0.39, 0.29) is 11.1 Å². The first kappa shape index (κ1) is 20.4. The molecule has 3 aromatic rings. The monoisotopic (exact) mass is 418 g/mol. The van der Waals surface area contributed by atoms with Gasteiger partial charge < -0.3 is 4.74 Å². The van der Waals surface area contributed by atoms with E-state index in [1.54, 1.807) is 0 Å². The van der Waals surface area contributed by atoms with Crippen molar-refractivity contribution in [2.75, 3.05) is 0 Å². The van der Waals surface area contributed by atoms with E-state index in [0.717, 1.165) is 42.5 Å². The van der Waals surface area contributed by atoms with Gasteiger partial charge in [0.25, 0.3) is 0 Å². The number of fused-ring (bicyclic) bond motifs is 3. The lowest BCUT2D eigenvalue weighted by Gasteiger charge is -2.12. The lowest BCUT2D eigenvalue weighted by atomic mass is 9.97. The summed E-state index contributed by atoms with van der Waals surface area (Å²) in [4.78, 5) is 0. The molecule has 0 radical (unpaired) electrons. The van der Waals surface area contributed by atoms with E-state index < -0.39 is 23.7 Å². The van der Waals surface area contributed by atoms with Gasteiger partial charge in [-0.2, -0.15) is 0 Å². The summed E-state index contributed by atoms with van der Waals surface area (Å²) in [5, 5.41) is 0. The lowest BCUT2D eigenvalue weighted by Crippen LogP contribution is -2.16. The molecule has 6 heteroatoms. The average molecular weight is 418 g/mol. The zero-order chi connectivity index (χ0) is 21.5. The number of halogens is 5. The van der Waals surface area contributed by atoms with Crippen LogP contribution in [0, 0.1) is 11.6 Å². The summed E-state index contributed by atoms with van der Waals surface area (Å²) >= 11 is 0. The summed E-state index contributed by atoms with van der Waals surface area (Å²) in [6, 6.07) is 11.8. The van der Waals surface area contributed by atoms with E-state index in [4.69, 9.17) is 0 Å². The van der Waals surface area contributed by atoms with Gasteiger partial charge in [-0.15, -0.1) is 13.2 Å². The number of benzene rings is 3. The van der Waals surface area contributed by atoms with Gasteiger partial charge in [0.2, 0.25) is 0 Å². The van der Waals surface area contributed by atoms with Crippen LogP contribution in [0.3, 0.4) is 0 Å². The number of ether oxygens (including phenoxy) is 1. The van der Waals surface area contributed by atoms with Crippen LogP contribution in [-0.2, 0) is 12.8 Å². The normalized spacial score (nSPS) is 12.6. The predicted octanol–water partition coefficient (Wildman–Crippen LogP) is 7.44. The van der Waals surface area contributed by atoms with Gasteiger partial charge in [-0.3, -0.25) is 0 Å². The van der Waals surface area contributed by atoms with Crippen molar-refractivity contribution in [2.24, 2.45) is 0 Å². The van der Waals surface area contributed by atoms with E-state index in [0.29, 0.717) is 17.5 Å². The number of rotatable bonds is 5. The molecule has 0 atom stereocenters. The fourth-order valence-electron chi connectivity index (χ4n) is 3.94. The maximum Gasteiger partial charge on any atom is 0.573 e. The minimum atomic E-state index is -4.83. The number of aryl methyl sites for hydroxylation is 1. The molecule has 156 valence electrons. The second-order valence-corrected chi connectivity index (χ2v) is 7.42. The molecule has 0 unspecified atom stereocenters. The zero-order valence-electron chi connectivity index (χ0n) is 16.2. The Morgan fingerprint density at radius 3 is 2.33 bits per heavy atom. The van der Waals surface area contributed by atoms with Crippen LogP contribution < -0.4 is 4.74 Å². The number of unbranched alkanes of at least 4 members (excludes halogenated alkanes) is 1.